The minimum Gasteiger partial charge on any atom is -0.313 e. The SMILES string of the molecule is C=C(C)C1CCCN(C(C)(N)CCCCCC)C1. The van der Waals surface area contributed by atoms with Crippen molar-refractivity contribution in [3.05, 3.63) is 12.2 Å². The average molecular weight is 252 g/mol. The molecule has 2 atom stereocenters. The fourth-order valence-electron chi connectivity index (χ4n) is 2.91. The fraction of sp³-hybridized carbons (Fsp3) is 0.875. The lowest BCUT2D eigenvalue weighted by Crippen LogP contribution is -2.57. The predicted octanol–water partition coefficient (Wildman–Crippen LogP) is 3.92. The summed E-state index contributed by atoms with van der Waals surface area (Å²) in [5.74, 6) is 0.650. The Morgan fingerprint density at radius 2 is 2.11 bits per heavy atom. The second-order valence-corrected chi connectivity index (χ2v) is 6.30. The maximum atomic E-state index is 6.53. The topological polar surface area (TPSA) is 29.3 Å². The Hall–Kier alpha value is -0.340. The maximum absolute atomic E-state index is 6.53. The van der Waals surface area contributed by atoms with Crippen LogP contribution in [0, 0.1) is 5.92 Å². The average Bonchev–Trinajstić information content (AvgIpc) is 2.35. The van der Waals surface area contributed by atoms with Crippen LogP contribution >= 0.6 is 0 Å². The lowest BCUT2D eigenvalue weighted by atomic mass is 9.89. The van der Waals surface area contributed by atoms with Gasteiger partial charge in [0.1, 0.15) is 0 Å². The normalized spacial score (nSPS) is 24.8. The first kappa shape index (κ1) is 15.7. The van der Waals surface area contributed by atoms with Gasteiger partial charge < -0.3 is 5.73 Å². The van der Waals surface area contributed by atoms with Crippen LogP contribution in [-0.4, -0.2) is 23.7 Å². The molecule has 1 rings (SSSR count). The number of nitrogens with zero attached hydrogens (tertiary/aromatic N) is 1. The molecule has 18 heavy (non-hydrogen) atoms. The van der Waals surface area contributed by atoms with Crippen LogP contribution in [-0.2, 0) is 0 Å². The quantitative estimate of drug-likeness (QED) is 0.549. The third-order valence-corrected chi connectivity index (χ3v) is 4.38. The van der Waals surface area contributed by atoms with Gasteiger partial charge in [0.05, 0.1) is 5.66 Å². The number of piperidine rings is 1. The van der Waals surface area contributed by atoms with Crippen LogP contribution in [0.1, 0.15) is 65.7 Å². The van der Waals surface area contributed by atoms with Gasteiger partial charge in [-0.3, -0.25) is 4.90 Å². The summed E-state index contributed by atoms with van der Waals surface area (Å²) < 4.78 is 0. The van der Waals surface area contributed by atoms with E-state index < -0.39 is 0 Å². The summed E-state index contributed by atoms with van der Waals surface area (Å²) in [6, 6.07) is 0. The molecule has 0 spiro atoms. The first-order valence-electron chi connectivity index (χ1n) is 7.66. The molecule has 0 saturated carbocycles. The van der Waals surface area contributed by atoms with E-state index in [1.165, 1.54) is 44.1 Å². The Kier molecular flexibility index (Phi) is 6.37. The second-order valence-electron chi connectivity index (χ2n) is 6.30. The highest BCUT2D eigenvalue weighted by Gasteiger charge is 2.31. The molecule has 0 aliphatic carbocycles. The first-order chi connectivity index (χ1) is 8.47. The van der Waals surface area contributed by atoms with E-state index in [0.717, 1.165) is 19.5 Å². The zero-order valence-corrected chi connectivity index (χ0v) is 12.7. The maximum Gasteiger partial charge on any atom is 0.0658 e. The molecule has 106 valence electrons. The van der Waals surface area contributed by atoms with E-state index in [9.17, 15) is 0 Å². The Bertz CT molecular complexity index is 258. The molecule has 1 fully saturated rings. The number of rotatable bonds is 7. The highest BCUT2D eigenvalue weighted by Crippen LogP contribution is 2.28. The van der Waals surface area contributed by atoms with Crippen LogP contribution in [0.15, 0.2) is 12.2 Å². The number of hydrogen-bond acceptors (Lipinski definition) is 2. The molecule has 2 nitrogen and oxygen atoms in total. The van der Waals surface area contributed by atoms with E-state index in [1.807, 2.05) is 0 Å². The van der Waals surface area contributed by atoms with E-state index in [-0.39, 0.29) is 5.66 Å². The summed E-state index contributed by atoms with van der Waals surface area (Å²) in [4.78, 5) is 2.49. The van der Waals surface area contributed by atoms with Gasteiger partial charge in [0.2, 0.25) is 0 Å². The predicted molar refractivity (Wildman–Crippen MR) is 80.5 cm³/mol. The molecule has 0 amide bonds. The molecule has 1 aliphatic rings. The van der Waals surface area contributed by atoms with Gasteiger partial charge in [-0.05, 0) is 45.6 Å². The van der Waals surface area contributed by atoms with Crippen molar-refractivity contribution in [2.24, 2.45) is 11.7 Å². The van der Waals surface area contributed by atoms with Crippen LogP contribution in [0.4, 0.5) is 0 Å². The van der Waals surface area contributed by atoms with Crippen molar-refractivity contribution in [3.8, 4) is 0 Å². The monoisotopic (exact) mass is 252 g/mol. The molecule has 0 bridgehead atoms. The van der Waals surface area contributed by atoms with Gasteiger partial charge in [-0.1, -0.05) is 44.8 Å². The van der Waals surface area contributed by atoms with Crippen molar-refractivity contribution in [1.29, 1.82) is 0 Å². The molecular weight excluding hydrogens is 220 g/mol. The van der Waals surface area contributed by atoms with E-state index in [1.54, 1.807) is 0 Å². The zero-order valence-electron chi connectivity index (χ0n) is 12.7. The van der Waals surface area contributed by atoms with E-state index in [0.29, 0.717) is 5.92 Å². The zero-order chi connectivity index (χ0) is 13.6. The van der Waals surface area contributed by atoms with Crippen LogP contribution in [0.5, 0.6) is 0 Å². The molecule has 0 radical (unpaired) electrons. The molecular formula is C16H32N2. The molecule has 2 heteroatoms. The van der Waals surface area contributed by atoms with Crippen molar-refractivity contribution in [3.63, 3.8) is 0 Å². The Morgan fingerprint density at radius 1 is 1.39 bits per heavy atom. The molecule has 1 aliphatic heterocycles. The third-order valence-electron chi connectivity index (χ3n) is 4.38. The molecule has 1 saturated heterocycles. The number of hydrogen-bond donors (Lipinski definition) is 1. The van der Waals surface area contributed by atoms with Crippen LogP contribution in [0.2, 0.25) is 0 Å². The highest BCUT2D eigenvalue weighted by molar-refractivity contribution is 5.00. The standard InChI is InChI=1S/C16H32N2/c1-5-6-7-8-11-16(4,17)18-12-9-10-15(13-18)14(2)3/h15H,2,5-13,17H2,1,3-4H3. The first-order valence-corrected chi connectivity index (χ1v) is 7.66. The minimum atomic E-state index is -0.123. The number of unbranched alkanes of at least 4 members (excludes halogenated alkanes) is 3. The molecule has 2 unspecified atom stereocenters. The number of likely N-dealkylation sites (tertiary alicyclic amines) is 1. The van der Waals surface area contributed by atoms with Crippen LogP contribution in [0.25, 0.3) is 0 Å². The summed E-state index contributed by atoms with van der Waals surface area (Å²) in [6.07, 6.45) is 8.89. The van der Waals surface area contributed by atoms with Crippen molar-refractivity contribution in [2.75, 3.05) is 13.1 Å². The lowest BCUT2D eigenvalue weighted by Gasteiger charge is -2.43. The van der Waals surface area contributed by atoms with Gasteiger partial charge in [-0.2, -0.15) is 0 Å². The fourth-order valence-corrected chi connectivity index (χ4v) is 2.91. The lowest BCUT2D eigenvalue weighted by molar-refractivity contribution is 0.0580. The summed E-state index contributed by atoms with van der Waals surface area (Å²) >= 11 is 0. The van der Waals surface area contributed by atoms with Gasteiger partial charge in [-0.15, -0.1) is 0 Å². The molecule has 1 heterocycles. The largest absolute Gasteiger partial charge is 0.313 e. The highest BCUT2D eigenvalue weighted by atomic mass is 15.3. The molecule has 0 aromatic carbocycles. The van der Waals surface area contributed by atoms with E-state index in [2.05, 4.69) is 32.3 Å². The van der Waals surface area contributed by atoms with Gasteiger partial charge in [0.15, 0.2) is 0 Å². The Morgan fingerprint density at radius 3 is 2.72 bits per heavy atom. The van der Waals surface area contributed by atoms with Gasteiger partial charge >= 0.3 is 0 Å². The summed E-state index contributed by atoms with van der Waals surface area (Å²) in [6.45, 7) is 13.0. The summed E-state index contributed by atoms with van der Waals surface area (Å²) in [5, 5.41) is 0. The summed E-state index contributed by atoms with van der Waals surface area (Å²) in [7, 11) is 0. The Labute approximate surface area is 114 Å². The smallest absolute Gasteiger partial charge is 0.0658 e. The third kappa shape index (κ3) is 4.74. The van der Waals surface area contributed by atoms with E-state index in [4.69, 9.17) is 5.73 Å². The van der Waals surface area contributed by atoms with Gasteiger partial charge in [0, 0.05) is 6.54 Å². The van der Waals surface area contributed by atoms with Crippen LogP contribution < -0.4 is 5.73 Å². The number of nitrogens with two attached hydrogens (primary N) is 1. The van der Waals surface area contributed by atoms with Crippen LogP contribution in [0.3, 0.4) is 0 Å². The van der Waals surface area contributed by atoms with Gasteiger partial charge in [0.25, 0.3) is 0 Å². The Balaban J connectivity index is 2.42. The minimum absolute atomic E-state index is 0.123. The molecule has 0 aromatic rings. The summed E-state index contributed by atoms with van der Waals surface area (Å²) in [5.41, 5.74) is 7.73. The molecule has 0 aromatic heterocycles. The van der Waals surface area contributed by atoms with Crippen molar-refractivity contribution in [2.45, 2.75) is 71.4 Å². The van der Waals surface area contributed by atoms with E-state index >= 15 is 0 Å². The molecule has 2 N–H and O–H groups in total. The van der Waals surface area contributed by atoms with Crippen molar-refractivity contribution >= 4 is 0 Å². The second kappa shape index (κ2) is 7.30. The van der Waals surface area contributed by atoms with Crippen molar-refractivity contribution < 1.29 is 0 Å². The van der Waals surface area contributed by atoms with Gasteiger partial charge in [-0.25, -0.2) is 0 Å². The van der Waals surface area contributed by atoms with Crippen molar-refractivity contribution in [1.82, 2.24) is 4.90 Å².